The van der Waals surface area contributed by atoms with E-state index in [1.165, 1.54) is 5.56 Å². The van der Waals surface area contributed by atoms with Crippen molar-refractivity contribution in [1.29, 1.82) is 0 Å². The van der Waals surface area contributed by atoms with Gasteiger partial charge in [0.1, 0.15) is 0 Å². The molecular formula is C22H24. The lowest BCUT2D eigenvalue weighted by Crippen LogP contribution is -2.00. The third-order valence-corrected chi connectivity index (χ3v) is 3.51. The van der Waals surface area contributed by atoms with Gasteiger partial charge in [-0.05, 0) is 47.2 Å². The van der Waals surface area contributed by atoms with E-state index in [4.69, 9.17) is 0 Å². The van der Waals surface area contributed by atoms with Crippen LogP contribution in [-0.2, 0) is 0 Å². The predicted octanol–water partition coefficient (Wildman–Crippen LogP) is 6.71. The molecule has 0 aliphatic heterocycles. The smallest absolute Gasteiger partial charge is 0.00995 e. The van der Waals surface area contributed by atoms with Gasteiger partial charge in [0.05, 0.1) is 0 Å². The van der Waals surface area contributed by atoms with E-state index < -0.39 is 0 Å². The summed E-state index contributed by atoms with van der Waals surface area (Å²) in [4.78, 5) is 0. The Morgan fingerprint density at radius 3 is 1.59 bits per heavy atom. The van der Waals surface area contributed by atoms with Crippen LogP contribution in [0, 0.1) is 6.92 Å². The molecule has 0 aliphatic carbocycles. The van der Waals surface area contributed by atoms with Gasteiger partial charge in [0.25, 0.3) is 0 Å². The first kappa shape index (κ1) is 17.5. The van der Waals surface area contributed by atoms with Gasteiger partial charge in [0.2, 0.25) is 0 Å². The molecule has 0 atom stereocenters. The largest absolute Gasteiger partial charge is 0.0991 e. The average molecular weight is 288 g/mol. The molecule has 0 nitrogen and oxygen atoms in total. The monoisotopic (exact) mass is 288 g/mol. The molecule has 0 fully saturated rings. The van der Waals surface area contributed by atoms with E-state index in [-0.39, 0.29) is 0 Å². The standard InChI is InChI=1S/C22H24/c1-7-12-15-20-17(6)18(10-4)21(14-9-3)22(16-13-8-2)19(20)11-5/h7-16H,1-2,4-5H2,3,6H3/b14-9-,15-12-,16-13-. The summed E-state index contributed by atoms with van der Waals surface area (Å²) in [5.74, 6) is 0. The van der Waals surface area contributed by atoms with E-state index in [0.717, 1.165) is 27.8 Å². The SMILES string of the molecule is C=C/C=C\c1c(C)c(C=C)c(/C=C\C)c(/C=C\C=C)c1C=C. The maximum atomic E-state index is 4.00. The second-order valence-corrected chi connectivity index (χ2v) is 4.79. The highest BCUT2D eigenvalue weighted by Gasteiger charge is 2.14. The summed E-state index contributed by atoms with van der Waals surface area (Å²) in [5, 5.41) is 0. The molecule has 0 unspecified atom stereocenters. The lowest BCUT2D eigenvalue weighted by atomic mass is 9.86. The van der Waals surface area contributed by atoms with Gasteiger partial charge in [-0.25, -0.2) is 0 Å². The van der Waals surface area contributed by atoms with E-state index in [1.807, 2.05) is 37.3 Å². The molecule has 1 aromatic carbocycles. The first-order chi connectivity index (χ1) is 10.7. The third kappa shape index (κ3) is 3.53. The molecule has 1 aromatic rings. The Morgan fingerprint density at radius 2 is 1.14 bits per heavy atom. The van der Waals surface area contributed by atoms with Crippen molar-refractivity contribution in [3.8, 4) is 0 Å². The molecule has 0 spiro atoms. The van der Waals surface area contributed by atoms with Crippen LogP contribution in [0.2, 0.25) is 0 Å². The number of hydrogen-bond acceptors (Lipinski definition) is 0. The number of hydrogen-bond donors (Lipinski definition) is 0. The number of rotatable bonds is 7. The van der Waals surface area contributed by atoms with E-state index in [9.17, 15) is 0 Å². The molecule has 22 heavy (non-hydrogen) atoms. The van der Waals surface area contributed by atoms with Crippen molar-refractivity contribution >= 4 is 30.4 Å². The summed E-state index contributed by atoms with van der Waals surface area (Å²) in [6, 6.07) is 0. The van der Waals surface area contributed by atoms with Gasteiger partial charge < -0.3 is 0 Å². The lowest BCUT2D eigenvalue weighted by Gasteiger charge is -2.18. The Morgan fingerprint density at radius 1 is 0.636 bits per heavy atom. The Balaban J connectivity index is 3.97. The topological polar surface area (TPSA) is 0 Å². The molecule has 0 heterocycles. The van der Waals surface area contributed by atoms with Crippen LogP contribution in [0.4, 0.5) is 0 Å². The van der Waals surface area contributed by atoms with Gasteiger partial charge in [-0.3, -0.25) is 0 Å². The van der Waals surface area contributed by atoms with Crippen LogP contribution < -0.4 is 0 Å². The molecule has 0 N–H and O–H groups in total. The van der Waals surface area contributed by atoms with Gasteiger partial charge >= 0.3 is 0 Å². The van der Waals surface area contributed by atoms with Crippen molar-refractivity contribution in [2.75, 3.05) is 0 Å². The van der Waals surface area contributed by atoms with Crippen LogP contribution in [0.25, 0.3) is 30.4 Å². The first-order valence-electron chi connectivity index (χ1n) is 7.32. The second-order valence-electron chi connectivity index (χ2n) is 4.79. The molecule has 0 saturated carbocycles. The first-order valence-corrected chi connectivity index (χ1v) is 7.32. The van der Waals surface area contributed by atoms with Crippen molar-refractivity contribution < 1.29 is 0 Å². The van der Waals surface area contributed by atoms with Crippen LogP contribution in [0.5, 0.6) is 0 Å². The molecule has 0 radical (unpaired) electrons. The molecule has 1 rings (SSSR count). The van der Waals surface area contributed by atoms with E-state index in [1.54, 1.807) is 12.2 Å². The summed E-state index contributed by atoms with van der Waals surface area (Å²) < 4.78 is 0. The van der Waals surface area contributed by atoms with Crippen LogP contribution in [0.1, 0.15) is 40.3 Å². The third-order valence-electron chi connectivity index (χ3n) is 3.51. The number of benzene rings is 1. The molecule has 0 bridgehead atoms. The highest BCUT2D eigenvalue weighted by molar-refractivity contribution is 5.86. The van der Waals surface area contributed by atoms with Gasteiger partial charge in [-0.2, -0.15) is 0 Å². The van der Waals surface area contributed by atoms with E-state index in [2.05, 4.69) is 51.5 Å². The summed E-state index contributed by atoms with van der Waals surface area (Å²) >= 11 is 0. The van der Waals surface area contributed by atoms with Crippen LogP contribution in [-0.4, -0.2) is 0 Å². The summed E-state index contributed by atoms with van der Waals surface area (Å²) in [7, 11) is 0. The van der Waals surface area contributed by atoms with Crippen LogP contribution >= 0.6 is 0 Å². The molecule has 0 aromatic heterocycles. The predicted molar refractivity (Wildman–Crippen MR) is 105 cm³/mol. The fourth-order valence-corrected chi connectivity index (χ4v) is 2.54. The van der Waals surface area contributed by atoms with Crippen molar-refractivity contribution in [2.24, 2.45) is 0 Å². The molecule has 112 valence electrons. The summed E-state index contributed by atoms with van der Waals surface area (Å²) in [6.07, 6.45) is 19.5. The van der Waals surface area contributed by atoms with Crippen molar-refractivity contribution in [2.45, 2.75) is 13.8 Å². The fourth-order valence-electron chi connectivity index (χ4n) is 2.54. The number of allylic oxidation sites excluding steroid dienone is 5. The zero-order valence-corrected chi connectivity index (χ0v) is 13.6. The summed E-state index contributed by atoms with van der Waals surface area (Å²) in [6.45, 7) is 19.6. The lowest BCUT2D eigenvalue weighted by molar-refractivity contribution is 1.37. The van der Waals surface area contributed by atoms with Gasteiger partial charge in [0.15, 0.2) is 0 Å². The Kier molecular flexibility index (Phi) is 6.85. The Bertz CT molecular complexity index is 677. The van der Waals surface area contributed by atoms with Crippen LogP contribution in [0.3, 0.4) is 0 Å². The second kappa shape index (κ2) is 8.63. The molecule has 0 saturated heterocycles. The molecule has 0 amide bonds. The average Bonchev–Trinajstić information content (AvgIpc) is 2.53. The summed E-state index contributed by atoms with van der Waals surface area (Å²) in [5.41, 5.74) is 6.84. The minimum atomic E-state index is 1.10. The molecule has 0 aliphatic rings. The quantitative estimate of drug-likeness (QED) is 0.489. The van der Waals surface area contributed by atoms with E-state index in [0.29, 0.717) is 0 Å². The van der Waals surface area contributed by atoms with Crippen molar-refractivity contribution in [3.05, 3.63) is 90.1 Å². The highest BCUT2D eigenvalue weighted by Crippen LogP contribution is 2.33. The Hall–Kier alpha value is -2.60. The molecular weight excluding hydrogens is 264 g/mol. The maximum absolute atomic E-state index is 4.00. The van der Waals surface area contributed by atoms with Gasteiger partial charge in [-0.1, -0.05) is 87.1 Å². The Labute approximate surface area is 134 Å². The highest BCUT2D eigenvalue weighted by atomic mass is 14.2. The molecule has 0 heteroatoms. The zero-order chi connectivity index (χ0) is 16.5. The van der Waals surface area contributed by atoms with E-state index >= 15 is 0 Å². The van der Waals surface area contributed by atoms with Gasteiger partial charge in [0, 0.05) is 0 Å². The van der Waals surface area contributed by atoms with Crippen LogP contribution in [0.15, 0.2) is 56.7 Å². The van der Waals surface area contributed by atoms with Crippen molar-refractivity contribution in [3.63, 3.8) is 0 Å². The fraction of sp³-hybridized carbons (Fsp3) is 0.0909. The van der Waals surface area contributed by atoms with Gasteiger partial charge in [-0.15, -0.1) is 0 Å². The zero-order valence-electron chi connectivity index (χ0n) is 13.6. The minimum absolute atomic E-state index is 1.10. The van der Waals surface area contributed by atoms with Crippen molar-refractivity contribution in [1.82, 2.24) is 0 Å². The maximum Gasteiger partial charge on any atom is -0.00995 e. The normalized spacial score (nSPS) is 11.4. The minimum Gasteiger partial charge on any atom is -0.0991 e.